The summed E-state index contributed by atoms with van der Waals surface area (Å²) < 4.78 is 0. The van der Waals surface area contributed by atoms with E-state index >= 15 is 0 Å². The predicted octanol–water partition coefficient (Wildman–Crippen LogP) is 1.88. The summed E-state index contributed by atoms with van der Waals surface area (Å²) in [6.45, 7) is 3.21. The van der Waals surface area contributed by atoms with E-state index < -0.39 is 0 Å². The van der Waals surface area contributed by atoms with E-state index in [0.29, 0.717) is 23.6 Å². The molecule has 2 unspecified atom stereocenters. The lowest BCUT2D eigenvalue weighted by molar-refractivity contribution is 0.287. The van der Waals surface area contributed by atoms with Crippen molar-refractivity contribution in [1.82, 2.24) is 9.80 Å². The van der Waals surface area contributed by atoms with Gasteiger partial charge in [0.1, 0.15) is 5.84 Å². The van der Waals surface area contributed by atoms with Crippen molar-refractivity contribution < 1.29 is 0 Å². The minimum atomic E-state index is 0.388. The van der Waals surface area contributed by atoms with E-state index in [-0.39, 0.29) is 0 Å². The molecule has 4 nitrogen and oxygen atoms in total. The second-order valence-electron chi connectivity index (χ2n) is 5.66. The summed E-state index contributed by atoms with van der Waals surface area (Å²) in [6, 6.07) is 10.6. The van der Waals surface area contributed by atoms with Crippen molar-refractivity contribution in [2.45, 2.75) is 6.54 Å². The van der Waals surface area contributed by atoms with Crippen LogP contribution in [0.3, 0.4) is 0 Å². The van der Waals surface area contributed by atoms with Crippen molar-refractivity contribution in [3.05, 3.63) is 35.9 Å². The van der Waals surface area contributed by atoms with Crippen LogP contribution in [0.1, 0.15) is 5.56 Å². The first kappa shape index (κ1) is 12.4. The van der Waals surface area contributed by atoms with Gasteiger partial charge in [-0.2, -0.15) is 0 Å². The molecule has 1 saturated heterocycles. The van der Waals surface area contributed by atoms with Crippen molar-refractivity contribution in [3.63, 3.8) is 0 Å². The normalized spacial score (nSPS) is 28.8. The van der Waals surface area contributed by atoms with Gasteiger partial charge >= 0.3 is 0 Å². The van der Waals surface area contributed by atoms with Crippen molar-refractivity contribution in [2.24, 2.45) is 17.8 Å². The Hall–Kier alpha value is -1.68. The van der Waals surface area contributed by atoms with Gasteiger partial charge in [0, 0.05) is 32.6 Å². The maximum absolute atomic E-state index is 8.05. The summed E-state index contributed by atoms with van der Waals surface area (Å²) in [5, 5.41) is 15.3. The Balaban J connectivity index is 1.53. The second kappa shape index (κ2) is 4.78. The lowest BCUT2D eigenvalue weighted by atomic mass is 10.2. The second-order valence-corrected chi connectivity index (χ2v) is 5.66. The lowest BCUT2D eigenvalue weighted by Gasteiger charge is -2.21. The van der Waals surface area contributed by atoms with Crippen LogP contribution < -0.4 is 0 Å². The summed E-state index contributed by atoms with van der Waals surface area (Å²) in [7, 11) is 1.80. The number of likely N-dealkylation sites (tertiary alicyclic amines) is 1. The molecule has 1 aliphatic heterocycles. The molecule has 1 heterocycles. The molecule has 0 radical (unpaired) electrons. The largest absolute Gasteiger partial charge is 0.325 e. The standard InChI is InChI=1S/C15H20N4/c1-18(10-16)15(17)14-12-8-19(9-13(12)14)7-11-5-3-2-4-6-11/h2-6,10,12-14,16-17H,7-9H2,1H3. The average Bonchev–Trinajstić information content (AvgIpc) is 2.94. The molecular formula is C15H20N4. The molecule has 4 heteroatoms. The summed E-state index contributed by atoms with van der Waals surface area (Å²) >= 11 is 0. The van der Waals surface area contributed by atoms with E-state index in [1.807, 2.05) is 0 Å². The first-order chi connectivity index (χ1) is 9.20. The molecule has 0 aromatic heterocycles. The van der Waals surface area contributed by atoms with E-state index in [0.717, 1.165) is 19.6 Å². The maximum atomic E-state index is 8.05. The number of rotatable bonds is 4. The smallest absolute Gasteiger partial charge is 0.105 e. The lowest BCUT2D eigenvalue weighted by Crippen LogP contribution is -2.31. The number of piperidine rings is 1. The highest BCUT2D eigenvalue weighted by Crippen LogP contribution is 2.52. The van der Waals surface area contributed by atoms with E-state index in [4.69, 9.17) is 10.8 Å². The summed E-state index contributed by atoms with van der Waals surface area (Å²) in [4.78, 5) is 4.11. The van der Waals surface area contributed by atoms with Gasteiger partial charge in [-0.3, -0.25) is 15.7 Å². The van der Waals surface area contributed by atoms with Gasteiger partial charge in [0.15, 0.2) is 0 Å². The van der Waals surface area contributed by atoms with Crippen molar-refractivity contribution >= 4 is 12.2 Å². The fraction of sp³-hybridized carbons (Fsp3) is 0.467. The third-order valence-electron chi connectivity index (χ3n) is 4.41. The Bertz CT molecular complexity index is 472. The molecule has 1 saturated carbocycles. The molecule has 1 aliphatic carbocycles. The Kier molecular flexibility index (Phi) is 3.11. The minimum Gasteiger partial charge on any atom is -0.325 e. The number of amidine groups is 1. The highest BCUT2D eigenvalue weighted by molar-refractivity contribution is 5.92. The van der Waals surface area contributed by atoms with Crippen LogP contribution >= 0.6 is 0 Å². The third-order valence-corrected chi connectivity index (χ3v) is 4.41. The topological polar surface area (TPSA) is 54.2 Å². The van der Waals surface area contributed by atoms with Gasteiger partial charge < -0.3 is 4.90 Å². The van der Waals surface area contributed by atoms with E-state index in [1.165, 1.54) is 11.9 Å². The molecule has 2 atom stereocenters. The Labute approximate surface area is 114 Å². The molecule has 3 rings (SSSR count). The molecule has 2 aliphatic rings. The van der Waals surface area contributed by atoms with Crippen LogP contribution in [0.2, 0.25) is 0 Å². The molecule has 2 fully saturated rings. The molecule has 100 valence electrons. The number of fused-ring (bicyclic) bond motifs is 1. The summed E-state index contributed by atoms with van der Waals surface area (Å²) in [6.07, 6.45) is 1.23. The molecule has 19 heavy (non-hydrogen) atoms. The fourth-order valence-electron chi connectivity index (χ4n) is 3.29. The number of hydrogen-bond donors (Lipinski definition) is 2. The Morgan fingerprint density at radius 3 is 2.53 bits per heavy atom. The first-order valence-corrected chi connectivity index (χ1v) is 6.79. The van der Waals surface area contributed by atoms with Crippen LogP contribution in [0.25, 0.3) is 0 Å². The number of nitrogens with one attached hydrogen (secondary N) is 2. The van der Waals surface area contributed by atoms with Gasteiger partial charge in [0.25, 0.3) is 0 Å². The third kappa shape index (κ3) is 2.28. The molecule has 1 aromatic rings. The quantitative estimate of drug-likeness (QED) is 0.638. The molecule has 0 spiro atoms. The molecule has 0 amide bonds. The average molecular weight is 256 g/mol. The number of nitrogens with zero attached hydrogens (tertiary/aromatic N) is 2. The van der Waals surface area contributed by atoms with Crippen LogP contribution in [0.15, 0.2) is 30.3 Å². The Morgan fingerprint density at radius 1 is 1.32 bits per heavy atom. The molecule has 2 N–H and O–H groups in total. The monoisotopic (exact) mass is 256 g/mol. The van der Waals surface area contributed by atoms with Crippen LogP contribution in [0.5, 0.6) is 0 Å². The SMILES string of the molecule is CN(C=N)C(=N)C1C2CN(Cc3ccccc3)CC21. The van der Waals surface area contributed by atoms with Crippen LogP contribution in [0, 0.1) is 28.6 Å². The zero-order valence-electron chi connectivity index (χ0n) is 11.2. The van der Waals surface area contributed by atoms with Crippen LogP contribution in [0.4, 0.5) is 0 Å². The molecule has 0 bridgehead atoms. The van der Waals surface area contributed by atoms with Gasteiger partial charge in [0.2, 0.25) is 0 Å². The zero-order chi connectivity index (χ0) is 13.4. The van der Waals surface area contributed by atoms with Gasteiger partial charge in [0.05, 0.1) is 6.34 Å². The van der Waals surface area contributed by atoms with Crippen molar-refractivity contribution in [1.29, 1.82) is 10.8 Å². The summed E-state index contributed by atoms with van der Waals surface area (Å²) in [5.74, 6) is 2.28. The van der Waals surface area contributed by atoms with Crippen molar-refractivity contribution in [2.75, 3.05) is 20.1 Å². The highest BCUT2D eigenvalue weighted by Gasteiger charge is 2.58. The fourth-order valence-corrected chi connectivity index (χ4v) is 3.29. The minimum absolute atomic E-state index is 0.388. The maximum Gasteiger partial charge on any atom is 0.105 e. The molecular weight excluding hydrogens is 236 g/mol. The van der Waals surface area contributed by atoms with E-state index in [2.05, 4.69) is 35.2 Å². The van der Waals surface area contributed by atoms with E-state index in [9.17, 15) is 0 Å². The molecule has 1 aromatic carbocycles. The zero-order valence-corrected chi connectivity index (χ0v) is 11.2. The highest BCUT2D eigenvalue weighted by atomic mass is 15.2. The van der Waals surface area contributed by atoms with Crippen molar-refractivity contribution in [3.8, 4) is 0 Å². The predicted molar refractivity (Wildman–Crippen MR) is 76.5 cm³/mol. The first-order valence-electron chi connectivity index (χ1n) is 6.79. The van der Waals surface area contributed by atoms with Gasteiger partial charge in [-0.25, -0.2) is 0 Å². The van der Waals surface area contributed by atoms with Gasteiger partial charge in [-0.05, 0) is 17.4 Å². The van der Waals surface area contributed by atoms with E-state index in [1.54, 1.807) is 11.9 Å². The number of benzene rings is 1. The van der Waals surface area contributed by atoms with Gasteiger partial charge in [-0.1, -0.05) is 30.3 Å². The van der Waals surface area contributed by atoms with Gasteiger partial charge in [-0.15, -0.1) is 0 Å². The van der Waals surface area contributed by atoms with Crippen LogP contribution in [-0.4, -0.2) is 42.1 Å². The summed E-state index contributed by atoms with van der Waals surface area (Å²) in [5.41, 5.74) is 1.37. The Morgan fingerprint density at radius 2 is 1.95 bits per heavy atom. The van der Waals surface area contributed by atoms with Crippen LogP contribution in [-0.2, 0) is 6.54 Å². The number of hydrogen-bond acceptors (Lipinski definition) is 3.